The minimum atomic E-state index is -1.10. The first-order chi connectivity index (χ1) is 25.9. The number of hydrogen-bond acceptors (Lipinski definition) is 11. The molecule has 0 heterocycles. The van der Waals surface area contributed by atoms with Gasteiger partial charge in [0.15, 0.2) is 0 Å². The van der Waals surface area contributed by atoms with Gasteiger partial charge in [-0.1, -0.05) is 168 Å². The summed E-state index contributed by atoms with van der Waals surface area (Å²) in [6, 6.07) is 0. The molecule has 0 aliphatic rings. The van der Waals surface area contributed by atoms with Crippen molar-refractivity contribution in [3.05, 3.63) is 0 Å². The molecule has 1 atom stereocenters. The fraction of sp³-hybridized carbons (Fsp3) is 0.868. The molecular weight excluding hydrogens is 805 g/mol. The number of carbonyl (C=O) groups excluding carboxylic acids is 2. The molecule has 0 saturated heterocycles. The number of nitrogens with one attached hydrogen (secondary N) is 1. The van der Waals surface area contributed by atoms with Crippen LogP contribution in [0.4, 0.5) is 0 Å². The van der Waals surface area contributed by atoms with Crippen LogP contribution >= 0.6 is 64.8 Å². The third-order valence-electron chi connectivity index (χ3n) is 8.13. The lowest BCUT2D eigenvalue weighted by atomic mass is 10.0. The summed E-state index contributed by atoms with van der Waals surface area (Å²) in [5.41, 5.74) is 0. The number of carboxylic acids is 3. The first-order valence-corrected chi connectivity index (χ1v) is 28.2. The van der Waals surface area contributed by atoms with Crippen LogP contribution in [0.25, 0.3) is 0 Å². The second kappa shape index (κ2) is 50.5. The second-order valence-electron chi connectivity index (χ2n) is 12.6. The lowest BCUT2D eigenvalue weighted by molar-refractivity contribution is -0.145. The van der Waals surface area contributed by atoms with Crippen LogP contribution in [0, 0.1) is 5.92 Å². The van der Waals surface area contributed by atoms with E-state index in [0.717, 1.165) is 44.9 Å². The zero-order chi connectivity index (χ0) is 41.7. The fourth-order valence-corrected chi connectivity index (χ4v) is 4.89. The summed E-state index contributed by atoms with van der Waals surface area (Å²) in [5.74, 6) is -3.50. The molecule has 0 radical (unpaired) electrons. The van der Waals surface area contributed by atoms with E-state index in [9.17, 15) is 24.0 Å². The van der Waals surface area contributed by atoms with Gasteiger partial charge < -0.3 is 25.5 Å². The van der Waals surface area contributed by atoms with Crippen molar-refractivity contribution in [2.24, 2.45) is 5.92 Å². The van der Waals surface area contributed by atoms with Gasteiger partial charge in [0.1, 0.15) is 6.54 Å². The first kappa shape index (κ1) is 60.1. The van der Waals surface area contributed by atoms with Gasteiger partial charge in [0.25, 0.3) is 0 Å². The van der Waals surface area contributed by atoms with Crippen molar-refractivity contribution in [1.82, 2.24) is 10.2 Å². The molecule has 54 heavy (non-hydrogen) atoms. The normalized spacial score (nSPS) is 10.7. The molecule has 0 aromatic heterocycles. The van der Waals surface area contributed by atoms with Gasteiger partial charge in [-0.15, -0.1) is 0 Å². The highest BCUT2D eigenvalue weighted by Crippen LogP contribution is 2.15. The van der Waals surface area contributed by atoms with Gasteiger partial charge in [-0.3, -0.25) is 24.0 Å². The van der Waals surface area contributed by atoms with E-state index in [-0.39, 0.29) is 31.2 Å². The molecule has 2 amide bonds. The minimum Gasteiger partial charge on any atom is -0.481 e. The Kier molecular flexibility index (Phi) is 56.2. The number of carboxylic acid groups (broad SMARTS) is 3. The quantitative estimate of drug-likeness (QED) is 0.0364. The van der Waals surface area contributed by atoms with Gasteiger partial charge in [-0.2, -0.15) is 0 Å². The summed E-state index contributed by atoms with van der Waals surface area (Å²) in [4.78, 5) is 58.4. The summed E-state index contributed by atoms with van der Waals surface area (Å²) in [5, 5.41) is 29.4. The van der Waals surface area contributed by atoms with Crippen LogP contribution in [0.2, 0.25) is 0 Å². The van der Waals surface area contributed by atoms with Crippen LogP contribution in [-0.2, 0) is 24.0 Å². The maximum Gasteiger partial charge on any atom is 0.323 e. The Labute approximate surface area is 353 Å². The average Bonchev–Trinajstić information content (AvgIpc) is 3.15. The highest BCUT2D eigenvalue weighted by molar-refractivity contribution is 8.76. The van der Waals surface area contributed by atoms with E-state index in [4.69, 9.17) is 15.3 Å². The lowest BCUT2D eigenvalue weighted by Crippen LogP contribution is -2.38. The van der Waals surface area contributed by atoms with Crippen LogP contribution in [0.15, 0.2) is 0 Å². The number of nitrogens with zero attached hydrogens (tertiary/aromatic N) is 1. The number of unbranched alkanes of at least 4 members (excludes halogenated alkanes) is 16. The maximum atomic E-state index is 12.6. The molecule has 16 heteroatoms. The molecule has 10 nitrogen and oxygen atoms in total. The van der Waals surface area contributed by atoms with E-state index in [2.05, 4.69) is 42.9 Å². The van der Waals surface area contributed by atoms with E-state index in [1.807, 2.05) is 0 Å². The largest absolute Gasteiger partial charge is 0.481 e. The van der Waals surface area contributed by atoms with Crippen molar-refractivity contribution in [1.29, 1.82) is 0 Å². The number of carbonyl (C=O) groups is 5. The molecule has 0 aromatic carbocycles. The highest BCUT2D eigenvalue weighted by atomic mass is 33.1. The number of rotatable bonds is 33. The Morgan fingerprint density at radius 1 is 0.500 bits per heavy atom. The smallest absolute Gasteiger partial charge is 0.323 e. The Hall–Kier alpha value is -0.550. The molecule has 0 unspecified atom stereocenters. The van der Waals surface area contributed by atoms with Gasteiger partial charge >= 0.3 is 17.9 Å². The van der Waals surface area contributed by atoms with E-state index in [1.54, 1.807) is 71.7 Å². The van der Waals surface area contributed by atoms with Crippen molar-refractivity contribution in [2.75, 3.05) is 57.2 Å². The monoisotopic (exact) mass is 880 g/mol. The van der Waals surface area contributed by atoms with Crippen LogP contribution in [0.5, 0.6) is 0 Å². The molecule has 322 valence electrons. The average molecular weight is 881 g/mol. The van der Waals surface area contributed by atoms with Gasteiger partial charge in [0.2, 0.25) is 11.8 Å². The fourth-order valence-electron chi connectivity index (χ4n) is 4.89. The Balaban J connectivity index is -0.000000899. The number of hydrogen-bond donors (Lipinski definition) is 4. The molecule has 0 fully saturated rings. The lowest BCUT2D eigenvalue weighted by Gasteiger charge is -2.20. The van der Waals surface area contributed by atoms with Crippen LogP contribution < -0.4 is 5.32 Å². The topological polar surface area (TPSA) is 161 Å². The third-order valence-corrected chi connectivity index (χ3v) is 12.1. The standard InChI is InChI=1S/C32H58N2O8.3C2H6S2/c1-27(32(41)42)20-18-19-24-33-28(35)23-25-34(26-31(39)40)29(36)21-16-14-12-10-8-6-4-2-3-5-7-9-11-13-15-17-22-30(37)38;3*1-3-4-2/h27H,2-26H2,1H3,(H,33,35)(H,37,38)(H,39,40)(H,41,42);3*1-2H3/t27-;;;/m0.../s1. The SMILES string of the molecule is CSSC.CSSC.CSSC.C[C@@H](CCCCNC(=O)CCN(CC(=O)O)C(=O)CCCCCCCCCCCCCCCCCCC(=O)O)C(=O)O. The molecule has 0 aromatic rings. The molecule has 0 spiro atoms. The van der Waals surface area contributed by atoms with Crippen molar-refractivity contribution in [3.63, 3.8) is 0 Å². The van der Waals surface area contributed by atoms with Crippen molar-refractivity contribution >= 4 is 94.5 Å². The summed E-state index contributed by atoms with van der Waals surface area (Å²) in [6.07, 6.45) is 33.0. The number of aliphatic carboxylic acids is 3. The van der Waals surface area contributed by atoms with Crippen molar-refractivity contribution < 1.29 is 39.3 Å². The van der Waals surface area contributed by atoms with E-state index in [1.165, 1.54) is 62.7 Å². The minimum absolute atomic E-state index is 0.0424. The Morgan fingerprint density at radius 3 is 1.20 bits per heavy atom. The molecule has 0 aliphatic carbocycles. The van der Waals surface area contributed by atoms with Crippen LogP contribution in [0.1, 0.15) is 148 Å². The summed E-state index contributed by atoms with van der Waals surface area (Å²) in [7, 11) is 10.6. The predicted molar refractivity (Wildman–Crippen MR) is 244 cm³/mol. The maximum absolute atomic E-state index is 12.6. The molecule has 0 bridgehead atoms. The molecular formula is C38H76N2O8S6. The molecule has 4 N–H and O–H groups in total. The zero-order valence-corrected chi connectivity index (χ0v) is 39.4. The summed E-state index contributed by atoms with van der Waals surface area (Å²) < 4.78 is 0. The highest BCUT2D eigenvalue weighted by Gasteiger charge is 2.17. The Bertz CT molecular complexity index is 862. The predicted octanol–water partition coefficient (Wildman–Crippen LogP) is 11.3. The van der Waals surface area contributed by atoms with Crippen molar-refractivity contribution in [3.8, 4) is 0 Å². The van der Waals surface area contributed by atoms with E-state index < -0.39 is 30.4 Å². The van der Waals surface area contributed by atoms with Crippen LogP contribution in [0.3, 0.4) is 0 Å². The summed E-state index contributed by atoms with van der Waals surface area (Å²) in [6.45, 7) is 1.74. The molecule has 0 saturated carbocycles. The first-order valence-electron chi connectivity index (χ1n) is 19.3. The zero-order valence-electron chi connectivity index (χ0n) is 34.5. The van der Waals surface area contributed by atoms with Gasteiger partial charge in [-0.05, 0) is 63.2 Å². The van der Waals surface area contributed by atoms with Crippen molar-refractivity contribution in [2.45, 2.75) is 148 Å². The van der Waals surface area contributed by atoms with Crippen LogP contribution in [-0.4, -0.2) is 107 Å². The molecule has 0 aliphatic heterocycles. The Morgan fingerprint density at radius 2 is 0.870 bits per heavy atom. The summed E-state index contributed by atoms with van der Waals surface area (Å²) >= 11 is 0. The molecule has 0 rings (SSSR count). The van der Waals surface area contributed by atoms with Gasteiger partial charge in [0.05, 0.1) is 5.92 Å². The second-order valence-corrected chi connectivity index (χ2v) is 20.6. The van der Waals surface area contributed by atoms with E-state index in [0.29, 0.717) is 32.2 Å². The number of amides is 2. The van der Waals surface area contributed by atoms with Gasteiger partial charge in [-0.25, -0.2) is 0 Å². The van der Waals surface area contributed by atoms with E-state index >= 15 is 0 Å². The third kappa shape index (κ3) is 55.8. The van der Waals surface area contributed by atoms with Gasteiger partial charge in [0, 0.05) is 32.4 Å².